The summed E-state index contributed by atoms with van der Waals surface area (Å²) < 4.78 is 1.57. The molecule has 0 fully saturated rings. The van der Waals surface area contributed by atoms with Crippen LogP contribution in [0.3, 0.4) is 0 Å². The fraction of sp³-hybridized carbons (Fsp3) is 0.0833. The van der Waals surface area contributed by atoms with E-state index in [0.29, 0.717) is 16.2 Å². The molecule has 0 aliphatic heterocycles. The molecule has 0 saturated carbocycles. The third kappa shape index (κ3) is 2.72. The number of hydrogen-bond acceptors (Lipinski definition) is 3. The van der Waals surface area contributed by atoms with Crippen molar-refractivity contribution in [3.63, 3.8) is 0 Å². The molecule has 6 heteroatoms. The number of aromatic nitrogens is 2. The van der Waals surface area contributed by atoms with Gasteiger partial charge in [-0.05, 0) is 24.3 Å². The van der Waals surface area contributed by atoms with E-state index in [1.807, 2.05) is 0 Å². The molecule has 0 aliphatic carbocycles. The molecule has 0 unspecified atom stereocenters. The minimum absolute atomic E-state index is 0.203. The largest absolute Gasteiger partial charge is 0.389 e. The fourth-order valence-corrected chi connectivity index (χ4v) is 1.60. The Labute approximate surface area is 110 Å². The van der Waals surface area contributed by atoms with Gasteiger partial charge in [-0.2, -0.15) is 5.10 Å². The van der Waals surface area contributed by atoms with Gasteiger partial charge in [0.15, 0.2) is 0 Å². The number of aryl methyl sites for hydroxylation is 1. The number of anilines is 1. The highest BCUT2D eigenvalue weighted by Crippen LogP contribution is 2.11. The molecular formula is C12H12N4OS. The first-order valence-electron chi connectivity index (χ1n) is 5.26. The first kappa shape index (κ1) is 12.3. The maximum absolute atomic E-state index is 11.8. The van der Waals surface area contributed by atoms with Crippen LogP contribution in [0, 0.1) is 0 Å². The van der Waals surface area contributed by atoms with Crippen molar-refractivity contribution in [1.82, 2.24) is 9.78 Å². The molecular weight excluding hydrogens is 248 g/mol. The van der Waals surface area contributed by atoms with E-state index in [1.165, 1.54) is 6.20 Å². The van der Waals surface area contributed by atoms with E-state index in [1.54, 1.807) is 42.2 Å². The lowest BCUT2D eigenvalue weighted by Crippen LogP contribution is -2.12. The summed E-state index contributed by atoms with van der Waals surface area (Å²) in [5.41, 5.74) is 7.45. The zero-order valence-electron chi connectivity index (χ0n) is 9.75. The molecule has 0 saturated heterocycles. The molecule has 1 amide bonds. The van der Waals surface area contributed by atoms with Crippen LogP contribution in [0.25, 0.3) is 0 Å². The van der Waals surface area contributed by atoms with Crippen molar-refractivity contribution in [2.24, 2.45) is 12.8 Å². The Balaban J connectivity index is 2.10. The van der Waals surface area contributed by atoms with Crippen molar-refractivity contribution in [3.05, 3.63) is 47.8 Å². The molecule has 2 aromatic rings. The lowest BCUT2D eigenvalue weighted by atomic mass is 10.2. The topological polar surface area (TPSA) is 72.9 Å². The van der Waals surface area contributed by atoms with Crippen LogP contribution in [0.1, 0.15) is 15.9 Å². The SMILES string of the molecule is Cn1cc(C(=O)Nc2ccc(C(N)=S)cc2)cn1. The summed E-state index contributed by atoms with van der Waals surface area (Å²) >= 11 is 4.85. The third-order valence-corrected chi connectivity index (χ3v) is 2.63. The van der Waals surface area contributed by atoms with Gasteiger partial charge in [0.25, 0.3) is 5.91 Å². The molecule has 2 rings (SSSR count). The summed E-state index contributed by atoms with van der Waals surface area (Å²) in [4.78, 5) is 12.2. The Morgan fingerprint density at radius 3 is 2.50 bits per heavy atom. The molecule has 5 nitrogen and oxygen atoms in total. The fourth-order valence-electron chi connectivity index (χ4n) is 1.46. The molecule has 0 bridgehead atoms. The van der Waals surface area contributed by atoms with Crippen LogP contribution in [0.5, 0.6) is 0 Å². The molecule has 1 aromatic heterocycles. The summed E-state index contributed by atoms with van der Waals surface area (Å²) in [5.74, 6) is -0.203. The number of benzene rings is 1. The average Bonchev–Trinajstić information content (AvgIpc) is 2.76. The van der Waals surface area contributed by atoms with Crippen molar-refractivity contribution < 1.29 is 4.79 Å². The van der Waals surface area contributed by atoms with E-state index in [4.69, 9.17) is 18.0 Å². The van der Waals surface area contributed by atoms with E-state index in [2.05, 4.69) is 10.4 Å². The lowest BCUT2D eigenvalue weighted by molar-refractivity contribution is 0.102. The standard InChI is InChI=1S/C12H12N4OS/c1-16-7-9(6-14-16)12(17)15-10-4-2-8(3-5-10)11(13)18/h2-7H,1H3,(H2,13,18)(H,15,17). The quantitative estimate of drug-likeness (QED) is 0.816. The van der Waals surface area contributed by atoms with E-state index in [-0.39, 0.29) is 5.91 Å². The van der Waals surface area contributed by atoms with Gasteiger partial charge in [-0.3, -0.25) is 9.48 Å². The number of nitrogens with zero attached hydrogens (tertiary/aromatic N) is 2. The zero-order chi connectivity index (χ0) is 13.1. The third-order valence-electron chi connectivity index (χ3n) is 2.39. The van der Waals surface area contributed by atoms with Crippen LogP contribution in [0.4, 0.5) is 5.69 Å². The van der Waals surface area contributed by atoms with E-state index < -0.39 is 0 Å². The van der Waals surface area contributed by atoms with Crippen LogP contribution >= 0.6 is 12.2 Å². The molecule has 1 aromatic carbocycles. The number of carbonyl (C=O) groups is 1. The van der Waals surface area contributed by atoms with Gasteiger partial charge in [0.2, 0.25) is 0 Å². The minimum atomic E-state index is -0.203. The summed E-state index contributed by atoms with van der Waals surface area (Å²) in [6.07, 6.45) is 3.16. The highest BCUT2D eigenvalue weighted by atomic mass is 32.1. The summed E-state index contributed by atoms with van der Waals surface area (Å²) in [5, 5.41) is 6.70. The van der Waals surface area contributed by atoms with Crippen LogP contribution in [0.2, 0.25) is 0 Å². The van der Waals surface area contributed by atoms with Crippen LogP contribution in [-0.4, -0.2) is 20.7 Å². The minimum Gasteiger partial charge on any atom is -0.389 e. The van der Waals surface area contributed by atoms with Crippen molar-refractivity contribution >= 4 is 28.8 Å². The van der Waals surface area contributed by atoms with Crippen LogP contribution < -0.4 is 11.1 Å². The van der Waals surface area contributed by atoms with Crippen molar-refractivity contribution in [2.45, 2.75) is 0 Å². The number of nitrogens with one attached hydrogen (secondary N) is 1. The van der Waals surface area contributed by atoms with Crippen molar-refractivity contribution in [2.75, 3.05) is 5.32 Å². The number of hydrogen-bond donors (Lipinski definition) is 2. The van der Waals surface area contributed by atoms with E-state index >= 15 is 0 Å². The highest BCUT2D eigenvalue weighted by molar-refractivity contribution is 7.80. The monoisotopic (exact) mass is 260 g/mol. The van der Waals surface area contributed by atoms with Crippen molar-refractivity contribution in [1.29, 1.82) is 0 Å². The van der Waals surface area contributed by atoms with Gasteiger partial charge >= 0.3 is 0 Å². The maximum Gasteiger partial charge on any atom is 0.258 e. The predicted octanol–water partition coefficient (Wildman–Crippen LogP) is 1.31. The maximum atomic E-state index is 11.8. The Morgan fingerprint density at radius 2 is 2.00 bits per heavy atom. The molecule has 1 heterocycles. The molecule has 0 atom stereocenters. The average molecular weight is 260 g/mol. The van der Waals surface area contributed by atoms with Crippen molar-refractivity contribution in [3.8, 4) is 0 Å². The summed E-state index contributed by atoms with van der Waals surface area (Å²) in [7, 11) is 1.76. The van der Waals surface area contributed by atoms with Gasteiger partial charge in [-0.15, -0.1) is 0 Å². The number of nitrogens with two attached hydrogens (primary N) is 1. The summed E-state index contributed by atoms with van der Waals surface area (Å²) in [6, 6.07) is 7.04. The Bertz CT molecular complexity index is 588. The second-order valence-corrected chi connectivity index (χ2v) is 4.24. The molecule has 3 N–H and O–H groups in total. The Kier molecular flexibility index (Phi) is 3.38. The van der Waals surface area contributed by atoms with E-state index in [0.717, 1.165) is 5.56 Å². The number of thiocarbonyl (C=S) groups is 1. The predicted molar refractivity (Wildman–Crippen MR) is 73.5 cm³/mol. The second kappa shape index (κ2) is 4.97. The van der Waals surface area contributed by atoms with Gasteiger partial charge in [-0.25, -0.2) is 0 Å². The first-order valence-corrected chi connectivity index (χ1v) is 5.67. The van der Waals surface area contributed by atoms with Crippen LogP contribution in [-0.2, 0) is 7.05 Å². The molecule has 92 valence electrons. The highest BCUT2D eigenvalue weighted by Gasteiger charge is 2.08. The molecule has 18 heavy (non-hydrogen) atoms. The molecule has 0 spiro atoms. The second-order valence-electron chi connectivity index (χ2n) is 3.80. The molecule has 0 aliphatic rings. The first-order chi connectivity index (χ1) is 8.56. The van der Waals surface area contributed by atoms with Gasteiger partial charge in [0.1, 0.15) is 4.99 Å². The number of rotatable bonds is 3. The van der Waals surface area contributed by atoms with Gasteiger partial charge in [-0.1, -0.05) is 12.2 Å². The smallest absolute Gasteiger partial charge is 0.258 e. The number of amides is 1. The molecule has 0 radical (unpaired) electrons. The van der Waals surface area contributed by atoms with Gasteiger partial charge in [0.05, 0.1) is 11.8 Å². The zero-order valence-corrected chi connectivity index (χ0v) is 10.6. The summed E-state index contributed by atoms with van der Waals surface area (Å²) in [6.45, 7) is 0. The van der Waals surface area contributed by atoms with Gasteiger partial charge in [0, 0.05) is 24.5 Å². The van der Waals surface area contributed by atoms with Crippen LogP contribution in [0.15, 0.2) is 36.7 Å². The van der Waals surface area contributed by atoms with E-state index in [9.17, 15) is 4.79 Å². The normalized spacial score (nSPS) is 10.1. The number of carbonyl (C=O) groups excluding carboxylic acids is 1. The Hall–Kier alpha value is -2.21. The lowest BCUT2D eigenvalue weighted by Gasteiger charge is -2.04. The van der Waals surface area contributed by atoms with Gasteiger partial charge < -0.3 is 11.1 Å². The Morgan fingerprint density at radius 1 is 1.33 bits per heavy atom.